The van der Waals surface area contributed by atoms with E-state index in [1.807, 2.05) is 30.3 Å². The highest BCUT2D eigenvalue weighted by atomic mass is 16.5. The number of nitrogens with zero attached hydrogens (tertiary/aromatic N) is 3. The Balaban J connectivity index is 1.74. The lowest BCUT2D eigenvalue weighted by Crippen LogP contribution is -1.99. The molecule has 0 atom stereocenters. The number of carbonyl (C=O) groups is 1. The van der Waals surface area contributed by atoms with Gasteiger partial charge < -0.3 is 9.84 Å². The fourth-order valence-electron chi connectivity index (χ4n) is 1.72. The topological polar surface area (TPSA) is 101 Å². The molecule has 0 saturated carbocycles. The van der Waals surface area contributed by atoms with Crippen LogP contribution in [0.15, 0.2) is 48.7 Å². The first kappa shape index (κ1) is 14.3. The van der Waals surface area contributed by atoms with Gasteiger partial charge in [0.2, 0.25) is 5.69 Å². The third-order valence-corrected chi connectivity index (χ3v) is 2.78. The third kappa shape index (κ3) is 3.51. The highest BCUT2D eigenvalue weighted by Crippen LogP contribution is 2.20. The molecule has 0 radical (unpaired) electrons. The normalized spacial score (nSPS) is 9.74. The number of aromatic nitrogens is 4. The maximum Gasteiger partial charge on any atom is 0.362 e. The van der Waals surface area contributed by atoms with Crippen LogP contribution >= 0.6 is 0 Å². The number of ether oxygens (including phenoxy) is 1. The first-order chi connectivity index (χ1) is 11.2. The average Bonchev–Trinajstić information content (AvgIpc) is 3.04. The summed E-state index contributed by atoms with van der Waals surface area (Å²) < 4.78 is 5.36. The Morgan fingerprint density at radius 3 is 2.65 bits per heavy atom. The highest BCUT2D eigenvalue weighted by Gasteiger charge is 2.16. The fraction of sp³-hybridized carbons (Fsp3) is 0. The highest BCUT2D eigenvalue weighted by molar-refractivity contribution is 5.87. The van der Waals surface area contributed by atoms with E-state index in [1.165, 1.54) is 6.20 Å². The van der Waals surface area contributed by atoms with Crippen LogP contribution in [0.25, 0.3) is 0 Å². The van der Waals surface area contributed by atoms with Gasteiger partial charge in [-0.1, -0.05) is 29.3 Å². The van der Waals surface area contributed by atoms with Crippen molar-refractivity contribution in [2.45, 2.75) is 0 Å². The molecule has 0 aliphatic heterocycles. The Morgan fingerprint density at radius 1 is 1.13 bits per heavy atom. The van der Waals surface area contributed by atoms with Crippen LogP contribution in [-0.2, 0) is 0 Å². The summed E-state index contributed by atoms with van der Waals surface area (Å²) in [6, 6.07) is 12.9. The summed E-state index contributed by atoms with van der Waals surface area (Å²) in [6.45, 7) is 0. The number of H-pyrrole nitrogens is 1. The summed E-state index contributed by atoms with van der Waals surface area (Å²) >= 11 is 0. The molecule has 7 heteroatoms. The van der Waals surface area contributed by atoms with Crippen molar-refractivity contribution in [1.29, 1.82) is 0 Å². The van der Waals surface area contributed by atoms with Crippen LogP contribution in [0.4, 0.5) is 0 Å². The largest absolute Gasteiger partial charge is 0.476 e. The van der Waals surface area contributed by atoms with Gasteiger partial charge >= 0.3 is 5.97 Å². The molecule has 1 aromatic carbocycles. The van der Waals surface area contributed by atoms with Crippen LogP contribution in [0.1, 0.15) is 21.7 Å². The van der Waals surface area contributed by atoms with Gasteiger partial charge in [-0.2, -0.15) is 0 Å². The monoisotopic (exact) mass is 306 g/mol. The number of nitrogens with one attached hydrogen (secondary N) is 1. The molecule has 2 aromatic heterocycles. The number of hydrogen-bond donors (Lipinski definition) is 2. The molecule has 0 saturated heterocycles. The van der Waals surface area contributed by atoms with Crippen LogP contribution in [0.5, 0.6) is 11.6 Å². The smallest absolute Gasteiger partial charge is 0.362 e. The van der Waals surface area contributed by atoms with Crippen molar-refractivity contribution >= 4 is 5.97 Å². The molecule has 3 aromatic rings. The third-order valence-electron chi connectivity index (χ3n) is 2.78. The van der Waals surface area contributed by atoms with E-state index < -0.39 is 5.97 Å². The van der Waals surface area contributed by atoms with Crippen LogP contribution in [0.2, 0.25) is 0 Å². The van der Waals surface area contributed by atoms with Crippen molar-refractivity contribution < 1.29 is 14.6 Å². The van der Waals surface area contributed by atoms with Gasteiger partial charge in [-0.3, -0.25) is 0 Å². The van der Waals surface area contributed by atoms with Crippen molar-refractivity contribution in [2.75, 3.05) is 0 Å². The number of aromatic carboxylic acids is 1. The summed E-state index contributed by atoms with van der Waals surface area (Å²) in [5.41, 5.74) is 1.17. The number of aromatic amines is 1. The Labute approximate surface area is 131 Å². The molecular weight excluding hydrogens is 296 g/mol. The van der Waals surface area contributed by atoms with Gasteiger partial charge in [0.25, 0.3) is 5.88 Å². The Kier molecular flexibility index (Phi) is 3.98. The number of rotatable bonds is 3. The van der Waals surface area contributed by atoms with Crippen molar-refractivity contribution in [3.8, 4) is 23.5 Å². The molecule has 0 fully saturated rings. The summed E-state index contributed by atoms with van der Waals surface area (Å²) in [5.74, 6) is 4.99. The van der Waals surface area contributed by atoms with Gasteiger partial charge in [0.05, 0.1) is 6.20 Å². The van der Waals surface area contributed by atoms with Gasteiger partial charge in [-0.15, -0.1) is 5.10 Å². The Hall–Kier alpha value is -3.66. The second-order valence-electron chi connectivity index (χ2n) is 4.39. The molecule has 2 N–H and O–H groups in total. The van der Waals surface area contributed by atoms with Crippen LogP contribution in [0, 0.1) is 11.8 Å². The van der Waals surface area contributed by atoms with E-state index >= 15 is 0 Å². The minimum absolute atomic E-state index is 0.0533. The van der Waals surface area contributed by atoms with Crippen molar-refractivity contribution in [2.24, 2.45) is 0 Å². The SMILES string of the molecule is O=C(O)c1nn[nH]c1Oc1ccc(C#Cc2ccccc2)nc1. The van der Waals surface area contributed by atoms with E-state index in [4.69, 9.17) is 9.84 Å². The standard InChI is InChI=1S/C16H10N4O3/c21-16(22)14-15(19-20-18-14)23-13-9-8-12(17-10-13)7-6-11-4-2-1-3-5-11/h1-5,8-10H,(H,21,22)(H,18,19,20). The van der Waals surface area contributed by atoms with Gasteiger partial charge in [0.1, 0.15) is 11.4 Å². The van der Waals surface area contributed by atoms with Crippen LogP contribution in [-0.4, -0.2) is 31.5 Å². The van der Waals surface area contributed by atoms with Gasteiger partial charge in [-0.05, 0) is 30.2 Å². The zero-order chi connectivity index (χ0) is 16.1. The van der Waals surface area contributed by atoms with Crippen molar-refractivity contribution in [3.63, 3.8) is 0 Å². The molecular formula is C16H10N4O3. The molecule has 7 nitrogen and oxygen atoms in total. The summed E-state index contributed by atoms with van der Waals surface area (Å²) in [5, 5.41) is 18.1. The molecule has 0 aliphatic carbocycles. The van der Waals surface area contributed by atoms with E-state index in [0.717, 1.165) is 5.56 Å². The first-order valence-electron chi connectivity index (χ1n) is 6.58. The van der Waals surface area contributed by atoms with Crippen molar-refractivity contribution in [3.05, 3.63) is 65.6 Å². The number of benzene rings is 1. The number of pyridine rings is 1. The zero-order valence-electron chi connectivity index (χ0n) is 11.7. The van der Waals surface area contributed by atoms with E-state index in [9.17, 15) is 4.79 Å². The fourth-order valence-corrected chi connectivity index (χ4v) is 1.72. The second-order valence-corrected chi connectivity index (χ2v) is 4.39. The number of carboxylic acid groups (broad SMARTS) is 1. The average molecular weight is 306 g/mol. The lowest BCUT2D eigenvalue weighted by atomic mass is 10.2. The number of hydrogen-bond acceptors (Lipinski definition) is 5. The summed E-state index contributed by atoms with van der Waals surface area (Å²) in [7, 11) is 0. The zero-order valence-corrected chi connectivity index (χ0v) is 11.7. The molecule has 0 aliphatic rings. The lowest BCUT2D eigenvalue weighted by Gasteiger charge is -2.02. The van der Waals surface area contributed by atoms with Crippen LogP contribution in [0.3, 0.4) is 0 Å². The maximum absolute atomic E-state index is 10.9. The molecule has 23 heavy (non-hydrogen) atoms. The number of carboxylic acids is 1. The van der Waals surface area contributed by atoms with E-state index in [2.05, 4.69) is 32.2 Å². The summed E-state index contributed by atoms with van der Waals surface area (Å²) in [6.07, 6.45) is 1.45. The lowest BCUT2D eigenvalue weighted by molar-refractivity contribution is 0.0687. The predicted molar refractivity (Wildman–Crippen MR) is 80.1 cm³/mol. The maximum atomic E-state index is 10.9. The van der Waals surface area contributed by atoms with Crippen LogP contribution < -0.4 is 4.74 Å². The molecule has 0 bridgehead atoms. The van der Waals surface area contributed by atoms with E-state index in [1.54, 1.807) is 12.1 Å². The first-order valence-corrected chi connectivity index (χ1v) is 6.58. The minimum atomic E-state index is -1.23. The molecule has 0 unspecified atom stereocenters. The molecule has 112 valence electrons. The quantitative estimate of drug-likeness (QED) is 0.719. The van der Waals surface area contributed by atoms with Gasteiger partial charge in [0.15, 0.2) is 0 Å². The van der Waals surface area contributed by atoms with Crippen molar-refractivity contribution in [1.82, 2.24) is 20.4 Å². The molecule has 0 spiro atoms. The predicted octanol–water partition coefficient (Wildman–Crippen LogP) is 2.09. The summed E-state index contributed by atoms with van der Waals surface area (Å²) in [4.78, 5) is 15.1. The molecule has 3 rings (SSSR count). The van der Waals surface area contributed by atoms with E-state index in [-0.39, 0.29) is 11.6 Å². The minimum Gasteiger partial charge on any atom is -0.476 e. The van der Waals surface area contributed by atoms with Gasteiger partial charge in [-0.25, -0.2) is 14.9 Å². The Bertz CT molecular complexity index is 877. The molecule has 0 amide bonds. The van der Waals surface area contributed by atoms with Gasteiger partial charge in [0, 0.05) is 5.56 Å². The Morgan fingerprint density at radius 2 is 1.96 bits per heavy atom. The molecule has 2 heterocycles. The second kappa shape index (κ2) is 6.41. The van der Waals surface area contributed by atoms with E-state index in [0.29, 0.717) is 11.4 Å².